The first-order valence-electron chi connectivity index (χ1n) is 7.75. The van der Waals surface area contributed by atoms with Gasteiger partial charge in [0.15, 0.2) is 0 Å². The highest BCUT2D eigenvalue weighted by molar-refractivity contribution is 5.94. The molecule has 2 rings (SSSR count). The molecule has 124 valence electrons. The van der Waals surface area contributed by atoms with Crippen LogP contribution in [0.1, 0.15) is 43.7 Å². The van der Waals surface area contributed by atoms with E-state index in [1.807, 2.05) is 13.8 Å². The largest absolute Gasteiger partial charge is 0.457 e. The number of rotatable bonds is 4. The van der Waals surface area contributed by atoms with E-state index in [2.05, 4.69) is 30.8 Å². The second-order valence-corrected chi connectivity index (χ2v) is 5.89. The first kappa shape index (κ1) is 17.6. The summed E-state index contributed by atoms with van der Waals surface area (Å²) in [5, 5.41) is 3.54. The predicted molar refractivity (Wildman–Crippen MR) is 94.5 cm³/mol. The molecule has 24 heavy (non-hydrogen) atoms. The molecule has 5 heteroatoms. The number of carbonyl (C=O) groups is 1. The summed E-state index contributed by atoms with van der Waals surface area (Å²) in [5.74, 6) is -0.493. The Bertz CT molecular complexity index is 821. The molecule has 0 N–H and O–H groups in total. The molecule has 0 unspecified atom stereocenters. The van der Waals surface area contributed by atoms with Crippen LogP contribution in [0, 0.1) is 34.6 Å². The summed E-state index contributed by atoms with van der Waals surface area (Å²) >= 11 is 0. The quantitative estimate of drug-likeness (QED) is 0.321. The Hall–Kier alpha value is -2.78. The Kier molecular flexibility index (Phi) is 5.27. The van der Waals surface area contributed by atoms with Crippen LogP contribution >= 0.6 is 0 Å². The second-order valence-electron chi connectivity index (χ2n) is 5.89. The molecule has 0 saturated heterocycles. The summed E-state index contributed by atoms with van der Waals surface area (Å²) in [6, 6.07) is 6.61. The fraction of sp³-hybridized carbons (Fsp3) is 0.316. The zero-order chi connectivity index (χ0) is 17.9. The first-order valence-corrected chi connectivity index (χ1v) is 7.75. The lowest BCUT2D eigenvalue weighted by Gasteiger charge is -2.18. The van der Waals surface area contributed by atoms with Gasteiger partial charge in [-0.25, -0.2) is 4.79 Å². The van der Waals surface area contributed by atoms with E-state index in [1.165, 1.54) is 16.7 Å². The van der Waals surface area contributed by atoms with Gasteiger partial charge in [-0.05, 0) is 79.6 Å². The molecule has 0 saturated carbocycles. The maximum Gasteiger partial charge on any atom is 0.338 e. The number of carbonyl (C=O) groups excluding carboxylic acids is 1. The monoisotopic (exact) mass is 323 g/mol. The van der Waals surface area contributed by atoms with Gasteiger partial charge < -0.3 is 4.74 Å². The summed E-state index contributed by atoms with van der Waals surface area (Å²) in [6.07, 6.45) is 0. The maximum absolute atomic E-state index is 12.4. The second kappa shape index (κ2) is 7.20. The Morgan fingerprint density at radius 2 is 1.54 bits per heavy atom. The lowest BCUT2D eigenvalue weighted by molar-refractivity contribution is 0.0472. The smallest absolute Gasteiger partial charge is 0.338 e. The van der Waals surface area contributed by atoms with Crippen molar-refractivity contribution >= 4 is 11.7 Å². The van der Waals surface area contributed by atoms with Crippen LogP contribution in [0.5, 0.6) is 0 Å². The molecule has 0 heterocycles. The zero-order valence-corrected chi connectivity index (χ0v) is 14.7. The number of esters is 1. The third-order valence-corrected chi connectivity index (χ3v) is 4.78. The van der Waals surface area contributed by atoms with Crippen molar-refractivity contribution in [2.45, 2.75) is 41.2 Å². The van der Waals surface area contributed by atoms with Crippen molar-refractivity contribution < 1.29 is 9.53 Å². The van der Waals surface area contributed by atoms with Gasteiger partial charge in [-0.3, -0.25) is 0 Å². The molecule has 0 atom stereocenters. The molecule has 2 aromatic rings. The fourth-order valence-corrected chi connectivity index (χ4v) is 2.79. The molecular formula is C19H21N3O2. The van der Waals surface area contributed by atoms with Crippen LogP contribution in [0.15, 0.2) is 29.4 Å². The lowest BCUT2D eigenvalue weighted by Crippen LogP contribution is -2.09. The molecule has 0 aliphatic carbocycles. The van der Waals surface area contributed by atoms with E-state index >= 15 is 0 Å². The SMILES string of the molecule is Cc1c(C)c(C)c(COC(=O)c2ccccc2N=[N+]=[N-])c(C)c1C. The van der Waals surface area contributed by atoms with Crippen LogP contribution in [0.2, 0.25) is 0 Å². The molecular weight excluding hydrogens is 302 g/mol. The van der Waals surface area contributed by atoms with E-state index in [4.69, 9.17) is 10.3 Å². The summed E-state index contributed by atoms with van der Waals surface area (Å²) < 4.78 is 5.49. The Morgan fingerprint density at radius 3 is 2.12 bits per heavy atom. The first-order chi connectivity index (χ1) is 11.4. The fourth-order valence-electron chi connectivity index (χ4n) is 2.79. The Labute approximate surface area is 141 Å². The van der Waals surface area contributed by atoms with Crippen molar-refractivity contribution in [3.63, 3.8) is 0 Å². The van der Waals surface area contributed by atoms with E-state index in [-0.39, 0.29) is 17.9 Å². The minimum Gasteiger partial charge on any atom is -0.457 e. The molecule has 0 bridgehead atoms. The Balaban J connectivity index is 2.30. The third kappa shape index (κ3) is 3.26. The van der Waals surface area contributed by atoms with E-state index in [1.54, 1.807) is 24.3 Å². The minimum atomic E-state index is -0.493. The van der Waals surface area contributed by atoms with Gasteiger partial charge in [0.25, 0.3) is 0 Å². The molecule has 0 amide bonds. The van der Waals surface area contributed by atoms with Crippen molar-refractivity contribution in [2.24, 2.45) is 5.11 Å². The molecule has 0 fully saturated rings. The van der Waals surface area contributed by atoms with Gasteiger partial charge in [0.1, 0.15) is 6.61 Å². The van der Waals surface area contributed by atoms with Crippen molar-refractivity contribution in [1.29, 1.82) is 0 Å². The minimum absolute atomic E-state index is 0.197. The summed E-state index contributed by atoms with van der Waals surface area (Å²) in [5.41, 5.74) is 16.2. The van der Waals surface area contributed by atoms with E-state index in [0.717, 1.165) is 16.7 Å². The summed E-state index contributed by atoms with van der Waals surface area (Å²) in [7, 11) is 0. The maximum atomic E-state index is 12.4. The van der Waals surface area contributed by atoms with Gasteiger partial charge in [0, 0.05) is 4.91 Å². The van der Waals surface area contributed by atoms with Crippen molar-refractivity contribution in [2.75, 3.05) is 0 Å². The van der Waals surface area contributed by atoms with Gasteiger partial charge in [0.2, 0.25) is 0 Å². The average Bonchev–Trinajstić information content (AvgIpc) is 2.59. The number of hydrogen-bond acceptors (Lipinski definition) is 3. The number of ether oxygens (including phenoxy) is 1. The van der Waals surface area contributed by atoms with Crippen molar-refractivity contribution in [3.8, 4) is 0 Å². The molecule has 0 radical (unpaired) electrons. The third-order valence-electron chi connectivity index (χ3n) is 4.78. The molecule has 0 spiro atoms. The van der Waals surface area contributed by atoms with Crippen LogP contribution in [-0.4, -0.2) is 5.97 Å². The molecule has 0 aliphatic heterocycles. The topological polar surface area (TPSA) is 75.1 Å². The summed E-state index contributed by atoms with van der Waals surface area (Å²) in [4.78, 5) is 15.1. The van der Waals surface area contributed by atoms with Gasteiger partial charge in [0.05, 0.1) is 11.3 Å². The summed E-state index contributed by atoms with van der Waals surface area (Å²) in [6.45, 7) is 10.6. The standard InChI is InChI=1S/C19H21N3O2/c1-11-12(2)14(4)17(15(5)13(11)3)10-24-19(23)16-8-6-7-9-18(16)21-22-20/h6-9H,10H2,1-5H3. The van der Waals surface area contributed by atoms with Crippen LogP contribution < -0.4 is 0 Å². The molecule has 0 aromatic heterocycles. The van der Waals surface area contributed by atoms with Gasteiger partial charge in [-0.15, -0.1) is 0 Å². The number of azide groups is 1. The number of hydrogen-bond donors (Lipinski definition) is 0. The average molecular weight is 323 g/mol. The molecule has 2 aromatic carbocycles. The van der Waals surface area contributed by atoms with Gasteiger partial charge >= 0.3 is 5.97 Å². The lowest BCUT2D eigenvalue weighted by atomic mass is 9.90. The highest BCUT2D eigenvalue weighted by Gasteiger charge is 2.16. The predicted octanol–water partition coefficient (Wildman–Crippen LogP) is 5.53. The van der Waals surface area contributed by atoms with Crippen molar-refractivity contribution in [3.05, 3.63) is 73.7 Å². The van der Waals surface area contributed by atoms with Gasteiger partial charge in [-0.1, -0.05) is 23.3 Å². The highest BCUT2D eigenvalue weighted by Crippen LogP contribution is 2.27. The zero-order valence-electron chi connectivity index (χ0n) is 14.7. The van der Waals surface area contributed by atoms with E-state index in [9.17, 15) is 4.79 Å². The highest BCUT2D eigenvalue weighted by atomic mass is 16.5. The number of benzene rings is 2. The van der Waals surface area contributed by atoms with E-state index < -0.39 is 5.97 Å². The van der Waals surface area contributed by atoms with Crippen LogP contribution in [-0.2, 0) is 11.3 Å². The van der Waals surface area contributed by atoms with Crippen molar-refractivity contribution in [1.82, 2.24) is 0 Å². The van der Waals surface area contributed by atoms with Crippen LogP contribution in [0.25, 0.3) is 10.4 Å². The number of nitrogens with zero attached hydrogens (tertiary/aromatic N) is 3. The Morgan fingerprint density at radius 1 is 1.00 bits per heavy atom. The van der Waals surface area contributed by atoms with E-state index in [0.29, 0.717) is 0 Å². The van der Waals surface area contributed by atoms with Crippen LogP contribution in [0.4, 0.5) is 5.69 Å². The van der Waals surface area contributed by atoms with Crippen LogP contribution in [0.3, 0.4) is 0 Å². The van der Waals surface area contributed by atoms with Gasteiger partial charge in [-0.2, -0.15) is 0 Å². The normalized spacial score (nSPS) is 10.2. The molecule has 5 nitrogen and oxygen atoms in total. The molecule has 0 aliphatic rings.